The van der Waals surface area contributed by atoms with Crippen molar-refractivity contribution in [3.05, 3.63) is 182 Å². The van der Waals surface area contributed by atoms with E-state index in [1.54, 1.807) is 0 Å². The second kappa shape index (κ2) is 66.0. The quantitative estimate of drug-likeness (QED) is 0.0261. The summed E-state index contributed by atoms with van der Waals surface area (Å²) in [6.07, 6.45) is 99.0. The van der Waals surface area contributed by atoms with Crippen LogP contribution >= 0.6 is 0 Å². The Balaban J connectivity index is 4.53. The van der Waals surface area contributed by atoms with Gasteiger partial charge in [0.05, 0.1) is 0 Å². The van der Waals surface area contributed by atoms with Crippen LogP contribution in [0.15, 0.2) is 182 Å². The van der Waals surface area contributed by atoms with Crippen LogP contribution in [0.2, 0.25) is 0 Å². The zero-order chi connectivity index (χ0) is 57.8. The molecule has 0 fully saturated rings. The van der Waals surface area contributed by atoms with Crippen LogP contribution in [0.5, 0.6) is 0 Å². The maximum absolute atomic E-state index is 12.9. The highest BCUT2D eigenvalue weighted by Crippen LogP contribution is 2.12. The van der Waals surface area contributed by atoms with Gasteiger partial charge in [-0.15, -0.1) is 0 Å². The molecule has 0 aromatic rings. The lowest BCUT2D eigenvalue weighted by atomic mass is 10.1. The van der Waals surface area contributed by atoms with Gasteiger partial charge in [-0.25, -0.2) is 0 Å². The highest BCUT2D eigenvalue weighted by atomic mass is 16.6. The third-order valence-corrected chi connectivity index (χ3v) is 12.6. The number of rotatable bonds is 55. The molecule has 0 N–H and O–H groups in total. The Bertz CT molecular complexity index is 1890. The summed E-state index contributed by atoms with van der Waals surface area (Å²) in [4.78, 5) is 38.3. The van der Waals surface area contributed by atoms with Crippen molar-refractivity contribution in [1.82, 2.24) is 0 Å². The summed E-state index contributed by atoms with van der Waals surface area (Å²) in [5.41, 5.74) is 0. The van der Waals surface area contributed by atoms with Crippen molar-refractivity contribution in [2.24, 2.45) is 0 Å². The molecule has 0 radical (unpaired) electrons. The average molecular weight is 1100 g/mol. The van der Waals surface area contributed by atoms with Gasteiger partial charge >= 0.3 is 17.9 Å². The highest BCUT2D eigenvalue weighted by Gasteiger charge is 2.19. The second-order valence-corrected chi connectivity index (χ2v) is 20.2. The van der Waals surface area contributed by atoms with Crippen molar-refractivity contribution in [3.63, 3.8) is 0 Å². The minimum absolute atomic E-state index is 0.129. The molecule has 0 saturated carbocycles. The van der Waals surface area contributed by atoms with Gasteiger partial charge in [0.1, 0.15) is 13.2 Å². The molecule has 0 aromatic heterocycles. The number of esters is 3. The van der Waals surface area contributed by atoms with E-state index in [4.69, 9.17) is 14.2 Å². The van der Waals surface area contributed by atoms with Crippen LogP contribution in [0, 0.1) is 0 Å². The van der Waals surface area contributed by atoms with Crippen LogP contribution in [0.4, 0.5) is 0 Å². The first-order valence-electron chi connectivity index (χ1n) is 31.8. The molecule has 0 aliphatic heterocycles. The summed E-state index contributed by atoms with van der Waals surface area (Å²) >= 11 is 0. The predicted octanol–water partition coefficient (Wildman–Crippen LogP) is 22.0. The normalized spacial score (nSPS) is 13.4. The summed E-state index contributed by atoms with van der Waals surface area (Å²) in [5, 5.41) is 0. The van der Waals surface area contributed by atoms with E-state index in [-0.39, 0.29) is 31.6 Å². The first-order valence-corrected chi connectivity index (χ1v) is 31.8. The molecule has 0 amide bonds. The number of allylic oxidation sites excluding steroid dienone is 30. The lowest BCUT2D eigenvalue weighted by Crippen LogP contribution is -2.30. The molecule has 6 heteroatoms. The van der Waals surface area contributed by atoms with Crippen molar-refractivity contribution < 1.29 is 28.6 Å². The molecule has 0 aliphatic carbocycles. The summed E-state index contributed by atoms with van der Waals surface area (Å²) in [5.74, 6) is -1.06. The number of ether oxygens (including phenoxy) is 3. The van der Waals surface area contributed by atoms with Crippen LogP contribution in [-0.2, 0) is 28.6 Å². The number of hydrogen-bond acceptors (Lipinski definition) is 6. The van der Waals surface area contributed by atoms with Gasteiger partial charge in [-0.05, 0) is 148 Å². The summed E-state index contributed by atoms with van der Waals surface area (Å²) in [7, 11) is 0. The lowest BCUT2D eigenvalue weighted by Gasteiger charge is -2.18. The fourth-order valence-electron chi connectivity index (χ4n) is 7.95. The van der Waals surface area contributed by atoms with Crippen LogP contribution in [0.25, 0.3) is 0 Å². The summed E-state index contributed by atoms with van der Waals surface area (Å²) in [6, 6.07) is 0. The molecule has 0 bridgehead atoms. The number of carbonyl (C=O) groups excluding carboxylic acids is 3. The van der Waals surface area contributed by atoms with Crippen molar-refractivity contribution in [1.29, 1.82) is 0 Å². The van der Waals surface area contributed by atoms with E-state index in [0.717, 1.165) is 154 Å². The third-order valence-electron chi connectivity index (χ3n) is 12.6. The van der Waals surface area contributed by atoms with Gasteiger partial charge in [0.15, 0.2) is 6.10 Å². The van der Waals surface area contributed by atoms with Crippen LogP contribution in [0.1, 0.15) is 245 Å². The molecular weight excluding hydrogens is 985 g/mol. The topological polar surface area (TPSA) is 78.9 Å². The lowest BCUT2D eigenvalue weighted by molar-refractivity contribution is -0.166. The van der Waals surface area contributed by atoms with Gasteiger partial charge in [0.25, 0.3) is 0 Å². The summed E-state index contributed by atoms with van der Waals surface area (Å²) < 4.78 is 16.8. The molecule has 1 atom stereocenters. The maximum atomic E-state index is 12.9. The molecule has 0 aliphatic rings. The van der Waals surface area contributed by atoms with Gasteiger partial charge in [-0.2, -0.15) is 0 Å². The molecule has 0 rings (SSSR count). The first kappa shape index (κ1) is 74.5. The third kappa shape index (κ3) is 63.3. The number of hydrogen-bond donors (Lipinski definition) is 0. The van der Waals surface area contributed by atoms with Crippen molar-refractivity contribution >= 4 is 17.9 Å². The smallest absolute Gasteiger partial charge is 0.306 e. The standard InChI is InChI=1S/C74H114O6/c1-4-7-10-13-16-19-22-25-28-30-32-33-34-35-36-37-38-39-40-41-43-44-46-49-52-55-58-61-64-67-73(76)79-70-71(69-78-72(75)66-63-60-57-54-51-48-27-24-21-18-15-12-9-6-3)80-74(77)68-65-62-59-56-53-50-47-45-42-31-29-26-23-20-17-14-11-8-5-2/h7-8,10-11,16-17,19-20,24-29,32-33,35-36,38-39,41-43,45-46,49-50,53,59,62,71H,4-6,9,12-15,18,21-23,30-31,34,37,40,44,47-48,51-52,54-58,60-61,63-70H2,1-3H3/b10-7-,11-8-,19-16-,20-17-,27-24-,28-25-,29-26-,33-32-,36-35-,39-38-,43-41-,45-42-,49-46-,53-50-,62-59-. The fourth-order valence-corrected chi connectivity index (χ4v) is 7.95. The van der Waals surface area contributed by atoms with Crippen molar-refractivity contribution in [2.45, 2.75) is 252 Å². The number of carbonyl (C=O) groups is 3. The van der Waals surface area contributed by atoms with Crippen molar-refractivity contribution in [3.8, 4) is 0 Å². The number of unbranched alkanes of at least 4 members (excludes halogenated alkanes) is 14. The Hall–Kier alpha value is -5.49. The Labute approximate surface area is 491 Å². The minimum Gasteiger partial charge on any atom is -0.462 e. The minimum atomic E-state index is -0.844. The van der Waals surface area contributed by atoms with E-state index >= 15 is 0 Å². The van der Waals surface area contributed by atoms with E-state index in [0.29, 0.717) is 19.3 Å². The zero-order valence-corrected chi connectivity index (χ0v) is 51.0. The Kier molecular flexibility index (Phi) is 61.5. The Morgan fingerprint density at radius 2 is 0.512 bits per heavy atom. The molecule has 0 spiro atoms. The van der Waals surface area contributed by atoms with E-state index in [1.807, 2.05) is 12.2 Å². The fraction of sp³-hybridized carbons (Fsp3) is 0.554. The monoisotopic (exact) mass is 1100 g/mol. The first-order chi connectivity index (χ1) is 39.5. The molecule has 0 saturated heterocycles. The molecule has 0 aromatic carbocycles. The molecule has 0 heterocycles. The summed E-state index contributed by atoms with van der Waals surface area (Å²) in [6.45, 7) is 6.30. The Morgan fingerprint density at radius 3 is 0.825 bits per heavy atom. The van der Waals surface area contributed by atoms with Gasteiger partial charge in [-0.3, -0.25) is 14.4 Å². The van der Waals surface area contributed by atoms with E-state index < -0.39 is 12.1 Å². The largest absolute Gasteiger partial charge is 0.462 e. The van der Waals surface area contributed by atoms with Gasteiger partial charge in [-0.1, -0.05) is 261 Å². The van der Waals surface area contributed by atoms with Crippen LogP contribution < -0.4 is 0 Å². The average Bonchev–Trinajstić information content (AvgIpc) is 3.46. The maximum Gasteiger partial charge on any atom is 0.306 e. The Morgan fingerprint density at radius 1 is 0.263 bits per heavy atom. The van der Waals surface area contributed by atoms with E-state index in [1.165, 1.54) is 44.9 Å². The van der Waals surface area contributed by atoms with Crippen molar-refractivity contribution in [2.75, 3.05) is 13.2 Å². The van der Waals surface area contributed by atoms with E-state index in [9.17, 15) is 14.4 Å². The van der Waals surface area contributed by atoms with Crippen LogP contribution in [-0.4, -0.2) is 37.2 Å². The molecule has 446 valence electrons. The van der Waals surface area contributed by atoms with Gasteiger partial charge in [0.2, 0.25) is 0 Å². The predicted molar refractivity (Wildman–Crippen MR) is 348 cm³/mol. The van der Waals surface area contributed by atoms with E-state index in [2.05, 4.69) is 191 Å². The molecular formula is C74H114O6. The molecule has 80 heavy (non-hydrogen) atoms. The highest BCUT2D eigenvalue weighted by molar-refractivity contribution is 5.71. The molecule has 6 nitrogen and oxygen atoms in total. The SMILES string of the molecule is CC/C=C\C/C=C\C/C=C\C/C=C\C/C=C\C/C=C\C/C=C\C/C=C\CCCCCCC(=O)OCC(COC(=O)CCCCCCC/C=C\CCCCCCC)OC(=O)CC/C=C\C/C=C\C/C=C\C/C=C\C/C=C\C/C=C\CC. The second-order valence-electron chi connectivity index (χ2n) is 20.2. The van der Waals surface area contributed by atoms with Crippen LogP contribution in [0.3, 0.4) is 0 Å². The zero-order valence-electron chi connectivity index (χ0n) is 51.0. The van der Waals surface area contributed by atoms with Gasteiger partial charge < -0.3 is 14.2 Å². The van der Waals surface area contributed by atoms with Gasteiger partial charge in [0, 0.05) is 19.3 Å². The molecule has 1 unspecified atom stereocenters.